The quantitative estimate of drug-likeness (QED) is 0.659. The van der Waals surface area contributed by atoms with Crippen LogP contribution in [0.5, 0.6) is 11.6 Å². The van der Waals surface area contributed by atoms with Gasteiger partial charge in [-0.2, -0.15) is 14.5 Å². The summed E-state index contributed by atoms with van der Waals surface area (Å²) in [5, 5.41) is 15.4. The first kappa shape index (κ1) is 15.3. The van der Waals surface area contributed by atoms with E-state index in [1.54, 1.807) is 18.2 Å². The Hall–Kier alpha value is -3.23. The number of aryl methyl sites for hydroxylation is 2. The average Bonchev–Trinajstić information content (AvgIpc) is 2.94. The highest BCUT2D eigenvalue weighted by molar-refractivity contribution is 5.43. The smallest absolute Gasteiger partial charge is 0.368 e. The molecule has 3 aromatic rings. The molecule has 0 unspecified atom stereocenters. The van der Waals surface area contributed by atoms with Gasteiger partial charge in [0.25, 0.3) is 0 Å². The van der Waals surface area contributed by atoms with E-state index in [2.05, 4.69) is 20.6 Å². The summed E-state index contributed by atoms with van der Waals surface area (Å²) >= 11 is 0. The summed E-state index contributed by atoms with van der Waals surface area (Å²) in [6.07, 6.45) is 1.41. The maximum absolute atomic E-state index is 12.2. The Kier molecular flexibility index (Phi) is 4.36. The second-order valence-electron chi connectivity index (χ2n) is 5.22. The number of tetrazole rings is 1. The van der Waals surface area contributed by atoms with Gasteiger partial charge >= 0.3 is 5.69 Å². The topological polar surface area (TPSA) is 97.0 Å². The van der Waals surface area contributed by atoms with Crippen molar-refractivity contribution >= 4 is 0 Å². The minimum absolute atomic E-state index is 0.0847. The van der Waals surface area contributed by atoms with Gasteiger partial charge in [0.1, 0.15) is 18.0 Å². The number of aromatic nitrogens is 6. The molecule has 1 aromatic carbocycles. The number of ether oxygens (including phenoxy) is 2. The van der Waals surface area contributed by atoms with Gasteiger partial charge in [0.15, 0.2) is 0 Å². The number of hydrogen-bond acceptors (Lipinski definition) is 7. The highest BCUT2D eigenvalue weighted by Crippen LogP contribution is 2.24. The van der Waals surface area contributed by atoms with Crippen LogP contribution in [-0.2, 0) is 13.7 Å². The molecule has 3 rings (SSSR count). The summed E-state index contributed by atoms with van der Waals surface area (Å²) in [6.45, 7) is 4.15. The van der Waals surface area contributed by atoms with Gasteiger partial charge in [-0.25, -0.2) is 4.79 Å². The second kappa shape index (κ2) is 7.12. The highest BCUT2D eigenvalue weighted by Gasteiger charge is 2.18. The third-order valence-corrected chi connectivity index (χ3v) is 3.52. The average molecular weight is 344 g/mol. The molecule has 25 heavy (non-hydrogen) atoms. The molecule has 0 atom stereocenters. The minimum Gasteiger partial charge on any atom is -0.488 e. The van der Waals surface area contributed by atoms with Gasteiger partial charge in [-0.15, -0.1) is 5.10 Å². The third-order valence-electron chi connectivity index (χ3n) is 3.52. The lowest BCUT2D eigenvalue weighted by Crippen LogP contribution is -2.24. The van der Waals surface area contributed by atoms with Crippen LogP contribution in [0.4, 0.5) is 0 Å². The summed E-state index contributed by atoms with van der Waals surface area (Å²) in [4.78, 5) is 12.2. The van der Waals surface area contributed by atoms with E-state index < -0.39 is 5.69 Å². The SMILES string of the molecule is [3H]c1ccc(OCc2c(-n3nnn(C)c3=O)cnnc2OCC)c(C)c1. The Morgan fingerprint density at radius 3 is 2.80 bits per heavy atom. The number of rotatable bonds is 6. The molecule has 2 heterocycles. The number of para-hydroxylation sites is 1. The van der Waals surface area contributed by atoms with Crippen molar-refractivity contribution in [2.75, 3.05) is 6.61 Å². The lowest BCUT2D eigenvalue weighted by molar-refractivity contribution is 0.276. The molecule has 0 N–H and O–H groups in total. The van der Waals surface area contributed by atoms with E-state index in [0.717, 1.165) is 14.9 Å². The van der Waals surface area contributed by atoms with Gasteiger partial charge in [-0.1, -0.05) is 18.2 Å². The van der Waals surface area contributed by atoms with E-state index in [9.17, 15) is 4.79 Å². The fraction of sp³-hybridized carbons (Fsp3) is 0.312. The molecule has 0 aliphatic heterocycles. The van der Waals surface area contributed by atoms with Crippen molar-refractivity contribution in [3.63, 3.8) is 0 Å². The third kappa shape index (κ3) is 3.35. The first-order valence-electron chi connectivity index (χ1n) is 8.18. The lowest BCUT2D eigenvalue weighted by Gasteiger charge is -2.14. The van der Waals surface area contributed by atoms with Crippen LogP contribution in [0.15, 0.2) is 35.2 Å². The zero-order chi connectivity index (χ0) is 18.7. The molecule has 130 valence electrons. The minimum atomic E-state index is -0.420. The standard InChI is InChI=1S/C16H18N6O3/c1-4-24-15-12(10-25-14-8-6-5-7-11(14)2)13(9-17-18-15)22-16(23)21(3)19-20-22/h5-9H,4,10H2,1-3H3/i5T. The molecule has 0 aliphatic rings. The van der Waals surface area contributed by atoms with Gasteiger partial charge < -0.3 is 9.47 Å². The molecule has 0 fully saturated rings. The van der Waals surface area contributed by atoms with Crippen LogP contribution in [0, 0.1) is 6.92 Å². The zero-order valence-electron chi connectivity index (χ0n) is 15.1. The molecule has 0 spiro atoms. The van der Waals surface area contributed by atoms with Gasteiger partial charge in [0.2, 0.25) is 5.88 Å². The number of benzene rings is 1. The van der Waals surface area contributed by atoms with Crippen LogP contribution in [0.25, 0.3) is 5.69 Å². The zero-order valence-corrected chi connectivity index (χ0v) is 14.1. The van der Waals surface area contributed by atoms with Crippen LogP contribution in [0.3, 0.4) is 0 Å². The molecule has 0 saturated heterocycles. The Balaban J connectivity index is 2.00. The first-order chi connectivity index (χ1) is 12.5. The monoisotopic (exact) mass is 344 g/mol. The summed E-state index contributed by atoms with van der Waals surface area (Å²) in [5.74, 6) is 0.884. The summed E-state index contributed by atoms with van der Waals surface area (Å²) in [5.41, 5.74) is 1.32. The van der Waals surface area contributed by atoms with Crippen LogP contribution in [0.2, 0.25) is 0 Å². The molecule has 9 nitrogen and oxygen atoms in total. The van der Waals surface area contributed by atoms with Crippen molar-refractivity contribution in [3.05, 3.63) is 52.0 Å². The van der Waals surface area contributed by atoms with Crippen LogP contribution in [-0.4, -0.2) is 36.6 Å². The molecule has 0 radical (unpaired) electrons. The fourth-order valence-corrected chi connectivity index (χ4v) is 2.23. The predicted molar refractivity (Wildman–Crippen MR) is 88.9 cm³/mol. The second-order valence-corrected chi connectivity index (χ2v) is 5.22. The van der Waals surface area contributed by atoms with Crippen LogP contribution in [0.1, 0.15) is 19.4 Å². The van der Waals surface area contributed by atoms with E-state index in [4.69, 9.17) is 10.8 Å². The molecule has 2 aromatic heterocycles. The van der Waals surface area contributed by atoms with E-state index in [1.807, 2.05) is 13.8 Å². The first-order valence-corrected chi connectivity index (χ1v) is 7.68. The Morgan fingerprint density at radius 1 is 1.28 bits per heavy atom. The van der Waals surface area contributed by atoms with Gasteiger partial charge in [0.05, 0.1) is 19.7 Å². The summed E-state index contributed by atoms with van der Waals surface area (Å²) in [7, 11) is 1.51. The van der Waals surface area contributed by atoms with Gasteiger partial charge in [-0.3, -0.25) is 0 Å². The molecular weight excluding hydrogens is 324 g/mol. The Labute approximate surface area is 145 Å². The van der Waals surface area contributed by atoms with Crippen LogP contribution < -0.4 is 15.2 Å². The molecule has 0 bridgehead atoms. The summed E-state index contributed by atoms with van der Waals surface area (Å²) in [6, 6.07) is 5.48. The van der Waals surface area contributed by atoms with Crippen molar-refractivity contribution < 1.29 is 10.8 Å². The Bertz CT molecular complexity index is 984. The lowest BCUT2D eigenvalue weighted by atomic mass is 10.2. The van der Waals surface area contributed by atoms with E-state index in [1.165, 1.54) is 13.2 Å². The predicted octanol–water partition coefficient (Wildman–Crippen LogP) is 1.04. The Morgan fingerprint density at radius 2 is 2.12 bits per heavy atom. The van der Waals surface area contributed by atoms with Crippen molar-refractivity contribution in [1.29, 1.82) is 0 Å². The molecule has 0 saturated carbocycles. The van der Waals surface area contributed by atoms with Crippen molar-refractivity contribution in [2.45, 2.75) is 20.5 Å². The van der Waals surface area contributed by atoms with Gasteiger partial charge in [-0.05, 0) is 35.9 Å². The number of hydrogen-bond donors (Lipinski definition) is 0. The highest BCUT2D eigenvalue weighted by atomic mass is 16.5. The summed E-state index contributed by atoms with van der Waals surface area (Å²) < 4.78 is 21.3. The van der Waals surface area contributed by atoms with E-state index >= 15 is 0 Å². The van der Waals surface area contributed by atoms with Crippen molar-refractivity contribution in [2.24, 2.45) is 7.05 Å². The molecule has 0 amide bonds. The maximum atomic E-state index is 12.2. The number of nitrogens with zero attached hydrogens (tertiary/aromatic N) is 6. The fourth-order valence-electron chi connectivity index (χ4n) is 2.23. The van der Waals surface area contributed by atoms with E-state index in [0.29, 0.717) is 29.6 Å². The largest absolute Gasteiger partial charge is 0.488 e. The maximum Gasteiger partial charge on any atom is 0.368 e. The van der Waals surface area contributed by atoms with Gasteiger partial charge in [0, 0.05) is 7.05 Å². The molecule has 0 aliphatic carbocycles. The normalized spacial score (nSPS) is 11.2. The van der Waals surface area contributed by atoms with Crippen molar-refractivity contribution in [3.8, 4) is 17.3 Å². The van der Waals surface area contributed by atoms with E-state index in [-0.39, 0.29) is 12.5 Å². The van der Waals surface area contributed by atoms with Crippen molar-refractivity contribution in [1.82, 2.24) is 30.0 Å². The van der Waals surface area contributed by atoms with Crippen LogP contribution >= 0.6 is 0 Å². The molecule has 9 heteroatoms. The molecular formula is C16H18N6O3.